The van der Waals surface area contributed by atoms with Gasteiger partial charge in [0.2, 0.25) is 0 Å². The van der Waals surface area contributed by atoms with E-state index in [1.54, 1.807) is 0 Å². The van der Waals surface area contributed by atoms with Gasteiger partial charge >= 0.3 is 0 Å². The molecular formula is C15H23N3O2. The topological polar surface area (TPSA) is 55.8 Å². The maximum atomic E-state index is 12.4. The van der Waals surface area contributed by atoms with Crippen LogP contribution in [0.15, 0.2) is 24.3 Å². The number of hydrogen-bond acceptors (Lipinski definition) is 4. The van der Waals surface area contributed by atoms with Gasteiger partial charge < -0.3 is 15.3 Å². The number of benzene rings is 1. The largest absolute Gasteiger partial charge is 0.395 e. The van der Waals surface area contributed by atoms with Gasteiger partial charge in [-0.2, -0.15) is 0 Å². The molecule has 1 aromatic rings. The first-order valence-electron chi connectivity index (χ1n) is 7.09. The minimum absolute atomic E-state index is 0.109. The fourth-order valence-corrected chi connectivity index (χ4v) is 2.41. The van der Waals surface area contributed by atoms with Gasteiger partial charge in [0.1, 0.15) is 0 Å². The van der Waals surface area contributed by atoms with Crippen molar-refractivity contribution in [1.82, 2.24) is 15.1 Å². The quantitative estimate of drug-likeness (QED) is 0.805. The Bertz CT molecular complexity index is 444. The molecule has 0 unspecified atom stereocenters. The van der Waals surface area contributed by atoms with Gasteiger partial charge in [0.15, 0.2) is 0 Å². The third kappa shape index (κ3) is 4.03. The number of nitrogens with zero attached hydrogens (tertiary/aromatic N) is 2. The van der Waals surface area contributed by atoms with Gasteiger partial charge in [0.25, 0.3) is 5.91 Å². The lowest BCUT2D eigenvalue weighted by molar-refractivity contribution is 0.0735. The van der Waals surface area contributed by atoms with Crippen molar-refractivity contribution in [3.05, 3.63) is 35.4 Å². The second-order valence-electron chi connectivity index (χ2n) is 5.20. The summed E-state index contributed by atoms with van der Waals surface area (Å²) in [5, 5.41) is 12.2. The average molecular weight is 277 g/mol. The van der Waals surface area contributed by atoms with Crippen LogP contribution in [0, 0.1) is 0 Å². The molecule has 5 heteroatoms. The standard InChI is InChI=1S/C15H23N3O2/c1-17(9-10-19)12-13-3-2-4-14(11-13)15(20)18-7-5-16-6-8-18/h2-4,11,16,19H,5-10,12H2,1H3. The molecule has 20 heavy (non-hydrogen) atoms. The van der Waals surface area contributed by atoms with Gasteiger partial charge in [0.05, 0.1) is 6.61 Å². The molecule has 0 radical (unpaired) electrons. The molecule has 0 spiro atoms. The minimum atomic E-state index is 0.109. The van der Waals surface area contributed by atoms with E-state index in [9.17, 15) is 4.79 Å². The Hall–Kier alpha value is -1.43. The lowest BCUT2D eigenvalue weighted by Gasteiger charge is -2.27. The van der Waals surface area contributed by atoms with Crippen LogP contribution in [0.2, 0.25) is 0 Å². The Morgan fingerprint density at radius 3 is 2.85 bits per heavy atom. The van der Waals surface area contributed by atoms with E-state index in [0.717, 1.165) is 43.9 Å². The highest BCUT2D eigenvalue weighted by Gasteiger charge is 2.17. The highest BCUT2D eigenvalue weighted by Crippen LogP contribution is 2.11. The molecule has 1 fully saturated rings. The van der Waals surface area contributed by atoms with Crippen LogP contribution in [0.3, 0.4) is 0 Å². The van der Waals surface area contributed by atoms with Crippen LogP contribution < -0.4 is 5.32 Å². The molecule has 2 rings (SSSR count). The molecule has 2 N–H and O–H groups in total. The van der Waals surface area contributed by atoms with E-state index in [1.807, 2.05) is 41.1 Å². The van der Waals surface area contributed by atoms with E-state index in [4.69, 9.17) is 5.11 Å². The zero-order valence-electron chi connectivity index (χ0n) is 12.0. The second kappa shape index (κ2) is 7.38. The number of hydrogen-bond donors (Lipinski definition) is 2. The number of aliphatic hydroxyl groups excluding tert-OH is 1. The smallest absolute Gasteiger partial charge is 0.253 e. The first kappa shape index (κ1) is 15.0. The fraction of sp³-hybridized carbons (Fsp3) is 0.533. The van der Waals surface area contributed by atoms with Gasteiger partial charge in [-0.25, -0.2) is 0 Å². The summed E-state index contributed by atoms with van der Waals surface area (Å²) in [5.74, 6) is 0.109. The SMILES string of the molecule is CN(CCO)Cc1cccc(C(=O)N2CCNCC2)c1. The van der Waals surface area contributed by atoms with E-state index in [0.29, 0.717) is 6.54 Å². The third-order valence-electron chi connectivity index (χ3n) is 3.51. The van der Waals surface area contributed by atoms with Crippen molar-refractivity contribution in [3.8, 4) is 0 Å². The van der Waals surface area contributed by atoms with Crippen molar-refractivity contribution in [3.63, 3.8) is 0 Å². The summed E-state index contributed by atoms with van der Waals surface area (Å²) in [7, 11) is 1.96. The molecule has 0 atom stereocenters. The van der Waals surface area contributed by atoms with Crippen molar-refractivity contribution in [2.24, 2.45) is 0 Å². The predicted octanol–water partition coefficient (Wildman–Crippen LogP) is 0.156. The lowest BCUT2D eigenvalue weighted by atomic mass is 10.1. The predicted molar refractivity (Wildman–Crippen MR) is 78.6 cm³/mol. The molecule has 110 valence electrons. The number of carbonyl (C=O) groups excluding carboxylic acids is 1. The summed E-state index contributed by atoms with van der Waals surface area (Å²) in [6.07, 6.45) is 0. The Morgan fingerprint density at radius 2 is 2.15 bits per heavy atom. The normalized spacial score (nSPS) is 15.7. The number of aliphatic hydroxyl groups is 1. The van der Waals surface area contributed by atoms with Gasteiger partial charge in [-0.15, -0.1) is 0 Å². The highest BCUT2D eigenvalue weighted by molar-refractivity contribution is 5.94. The monoisotopic (exact) mass is 277 g/mol. The van der Waals surface area contributed by atoms with Crippen molar-refractivity contribution >= 4 is 5.91 Å². The Labute approximate surface area is 120 Å². The number of carbonyl (C=O) groups is 1. The summed E-state index contributed by atoms with van der Waals surface area (Å²) in [6.45, 7) is 4.80. The van der Waals surface area contributed by atoms with Crippen LogP contribution in [-0.4, -0.2) is 67.2 Å². The van der Waals surface area contributed by atoms with E-state index >= 15 is 0 Å². The van der Waals surface area contributed by atoms with E-state index in [1.165, 1.54) is 0 Å². The Balaban J connectivity index is 2.02. The van der Waals surface area contributed by atoms with Crippen molar-refractivity contribution in [2.45, 2.75) is 6.54 Å². The summed E-state index contributed by atoms with van der Waals surface area (Å²) >= 11 is 0. The summed E-state index contributed by atoms with van der Waals surface area (Å²) in [6, 6.07) is 7.78. The average Bonchev–Trinajstić information content (AvgIpc) is 2.48. The summed E-state index contributed by atoms with van der Waals surface area (Å²) in [5.41, 5.74) is 1.85. The Morgan fingerprint density at radius 1 is 1.40 bits per heavy atom. The molecule has 5 nitrogen and oxygen atoms in total. The Kier molecular flexibility index (Phi) is 5.52. The molecule has 1 heterocycles. The first-order chi connectivity index (χ1) is 9.70. The first-order valence-corrected chi connectivity index (χ1v) is 7.09. The number of rotatable bonds is 5. The zero-order chi connectivity index (χ0) is 14.4. The van der Waals surface area contributed by atoms with Crippen molar-refractivity contribution in [1.29, 1.82) is 0 Å². The maximum Gasteiger partial charge on any atom is 0.253 e. The van der Waals surface area contributed by atoms with Crippen LogP contribution in [0.25, 0.3) is 0 Å². The summed E-state index contributed by atoms with van der Waals surface area (Å²) < 4.78 is 0. The highest BCUT2D eigenvalue weighted by atomic mass is 16.3. The third-order valence-corrected chi connectivity index (χ3v) is 3.51. The van der Waals surface area contributed by atoms with Crippen molar-refractivity contribution in [2.75, 3.05) is 46.4 Å². The van der Waals surface area contributed by atoms with Crippen LogP contribution in [0.1, 0.15) is 15.9 Å². The molecular weight excluding hydrogens is 254 g/mol. The molecule has 1 saturated heterocycles. The van der Waals surface area contributed by atoms with Gasteiger partial charge in [-0.3, -0.25) is 9.69 Å². The van der Waals surface area contributed by atoms with E-state index < -0.39 is 0 Å². The van der Waals surface area contributed by atoms with E-state index in [2.05, 4.69) is 5.32 Å². The van der Waals surface area contributed by atoms with Gasteiger partial charge in [0, 0.05) is 44.8 Å². The number of likely N-dealkylation sites (N-methyl/N-ethyl adjacent to an activating group) is 1. The van der Waals surface area contributed by atoms with Crippen LogP contribution in [-0.2, 0) is 6.54 Å². The molecule has 1 aromatic carbocycles. The van der Waals surface area contributed by atoms with Crippen LogP contribution in [0.5, 0.6) is 0 Å². The fourth-order valence-electron chi connectivity index (χ4n) is 2.41. The van der Waals surface area contributed by atoms with Crippen LogP contribution >= 0.6 is 0 Å². The molecule has 0 aromatic heterocycles. The molecule has 1 amide bonds. The lowest BCUT2D eigenvalue weighted by Crippen LogP contribution is -2.46. The van der Waals surface area contributed by atoms with Gasteiger partial charge in [-0.05, 0) is 24.7 Å². The van der Waals surface area contributed by atoms with Crippen molar-refractivity contribution < 1.29 is 9.90 Å². The molecule has 0 aliphatic carbocycles. The second-order valence-corrected chi connectivity index (χ2v) is 5.20. The van der Waals surface area contributed by atoms with E-state index in [-0.39, 0.29) is 12.5 Å². The molecule has 1 aliphatic rings. The minimum Gasteiger partial charge on any atom is -0.395 e. The summed E-state index contributed by atoms with van der Waals surface area (Å²) in [4.78, 5) is 16.3. The zero-order valence-corrected chi connectivity index (χ0v) is 12.0. The molecule has 0 bridgehead atoms. The number of piperazine rings is 1. The maximum absolute atomic E-state index is 12.4. The number of amides is 1. The van der Waals surface area contributed by atoms with Crippen LogP contribution in [0.4, 0.5) is 0 Å². The van der Waals surface area contributed by atoms with Gasteiger partial charge in [-0.1, -0.05) is 12.1 Å². The molecule has 1 aliphatic heterocycles. The molecule has 0 saturated carbocycles. The number of nitrogens with one attached hydrogen (secondary N) is 1.